The van der Waals surface area contributed by atoms with Crippen molar-refractivity contribution in [3.63, 3.8) is 0 Å². The molecule has 0 fully saturated rings. The number of dihydropyridines is 1. The zero-order chi connectivity index (χ0) is 10.1. The van der Waals surface area contributed by atoms with Gasteiger partial charge in [0.2, 0.25) is 0 Å². The molecule has 72 valence electrons. The first-order valence-corrected chi connectivity index (χ1v) is 5.05. The van der Waals surface area contributed by atoms with Crippen LogP contribution >= 0.6 is 0 Å². The Morgan fingerprint density at radius 3 is 2.67 bits per heavy atom. The monoisotopic (exact) mass is 193 g/mol. The van der Waals surface area contributed by atoms with Crippen molar-refractivity contribution < 1.29 is 0 Å². The van der Waals surface area contributed by atoms with E-state index in [0.29, 0.717) is 0 Å². The van der Waals surface area contributed by atoms with Crippen LogP contribution in [0.25, 0.3) is 12.2 Å². The molecule has 15 heavy (non-hydrogen) atoms. The first-order chi connectivity index (χ1) is 7.43. The Bertz CT molecular complexity index is 600. The molecule has 3 rings (SSSR count). The third kappa shape index (κ3) is 1.42. The molecule has 0 atom stereocenters. The average Bonchev–Trinajstić information content (AvgIpc) is 2.48. The first-order valence-electron chi connectivity index (χ1n) is 5.05. The number of hydrogen-bond donors (Lipinski definition) is 1. The molecule has 0 amide bonds. The van der Waals surface area contributed by atoms with Crippen LogP contribution in [-0.4, -0.2) is 0 Å². The second-order valence-corrected chi connectivity index (χ2v) is 3.66. The van der Waals surface area contributed by atoms with E-state index in [-0.39, 0.29) is 0 Å². The van der Waals surface area contributed by atoms with Gasteiger partial charge in [0.15, 0.2) is 0 Å². The van der Waals surface area contributed by atoms with Gasteiger partial charge in [-0.15, -0.1) is 0 Å². The molecule has 1 aliphatic heterocycles. The molecule has 0 radical (unpaired) electrons. The van der Waals surface area contributed by atoms with Gasteiger partial charge >= 0.3 is 0 Å². The summed E-state index contributed by atoms with van der Waals surface area (Å²) in [5.74, 6) is 0. The minimum atomic E-state index is 1.23. The number of fused-ring (bicyclic) bond motifs is 2. The molecule has 1 nitrogen and oxygen atoms in total. The molecule has 0 spiro atoms. The minimum Gasteiger partial charge on any atom is -0.367 e. The van der Waals surface area contributed by atoms with Crippen molar-refractivity contribution in [2.45, 2.75) is 0 Å². The van der Waals surface area contributed by atoms with Crippen LogP contribution in [0.15, 0.2) is 60.0 Å². The van der Waals surface area contributed by atoms with E-state index in [9.17, 15) is 0 Å². The largest absolute Gasteiger partial charge is 0.367 e. The molecule has 0 unspecified atom stereocenters. The van der Waals surface area contributed by atoms with E-state index in [0.717, 1.165) is 0 Å². The van der Waals surface area contributed by atoms with Crippen LogP contribution in [0.5, 0.6) is 0 Å². The maximum absolute atomic E-state index is 3.11. The minimum absolute atomic E-state index is 1.23. The summed E-state index contributed by atoms with van der Waals surface area (Å²) in [6.07, 6.45) is 12.6. The quantitative estimate of drug-likeness (QED) is 0.652. The SMILES string of the molecule is C1=CC2=CC=c3ccccc3=CC2=CN1. The van der Waals surface area contributed by atoms with Crippen molar-refractivity contribution in [1.29, 1.82) is 0 Å². The predicted molar refractivity (Wildman–Crippen MR) is 63.1 cm³/mol. The van der Waals surface area contributed by atoms with Gasteiger partial charge in [-0.3, -0.25) is 0 Å². The molecule has 0 saturated carbocycles. The molecular formula is C14H11N. The molecule has 2 aliphatic rings. The lowest BCUT2D eigenvalue weighted by molar-refractivity contribution is 1.15. The summed E-state index contributed by atoms with van der Waals surface area (Å²) in [6, 6.07) is 8.42. The van der Waals surface area contributed by atoms with Crippen molar-refractivity contribution in [2.24, 2.45) is 0 Å². The maximum Gasteiger partial charge on any atom is 0.00838 e. The first kappa shape index (κ1) is 8.30. The lowest BCUT2D eigenvalue weighted by atomic mass is 10.1. The van der Waals surface area contributed by atoms with Crippen LogP contribution in [0.3, 0.4) is 0 Å². The van der Waals surface area contributed by atoms with E-state index in [1.165, 1.54) is 21.6 Å². The molecule has 0 bridgehead atoms. The van der Waals surface area contributed by atoms with Crippen LogP contribution in [0.2, 0.25) is 0 Å². The molecule has 1 heteroatoms. The smallest absolute Gasteiger partial charge is 0.00838 e. The molecular weight excluding hydrogens is 182 g/mol. The molecule has 1 heterocycles. The highest BCUT2D eigenvalue weighted by atomic mass is 14.8. The summed E-state index contributed by atoms with van der Waals surface area (Å²) in [6.45, 7) is 0. The average molecular weight is 193 g/mol. The second-order valence-electron chi connectivity index (χ2n) is 3.66. The van der Waals surface area contributed by atoms with Gasteiger partial charge < -0.3 is 5.32 Å². The van der Waals surface area contributed by atoms with Crippen molar-refractivity contribution >= 4 is 12.2 Å². The van der Waals surface area contributed by atoms with E-state index < -0.39 is 0 Å². The Hall–Kier alpha value is -2.02. The van der Waals surface area contributed by atoms with Crippen LogP contribution in [-0.2, 0) is 0 Å². The Balaban J connectivity index is 2.32. The van der Waals surface area contributed by atoms with Gasteiger partial charge in [0.1, 0.15) is 0 Å². The highest BCUT2D eigenvalue weighted by molar-refractivity contribution is 5.67. The van der Waals surface area contributed by atoms with Gasteiger partial charge in [0.25, 0.3) is 0 Å². The second kappa shape index (κ2) is 3.28. The zero-order valence-electron chi connectivity index (χ0n) is 8.27. The summed E-state index contributed by atoms with van der Waals surface area (Å²) < 4.78 is 0. The molecule has 0 saturated heterocycles. The predicted octanol–water partition coefficient (Wildman–Crippen LogP) is 1.19. The van der Waals surface area contributed by atoms with Crippen LogP contribution < -0.4 is 15.8 Å². The molecule has 0 aromatic heterocycles. The molecule has 1 aromatic carbocycles. The van der Waals surface area contributed by atoms with E-state index in [2.05, 4.69) is 53.9 Å². The van der Waals surface area contributed by atoms with E-state index >= 15 is 0 Å². The fraction of sp³-hybridized carbons (Fsp3) is 0. The number of nitrogens with one attached hydrogen (secondary N) is 1. The van der Waals surface area contributed by atoms with Crippen molar-refractivity contribution in [1.82, 2.24) is 5.32 Å². The molecule has 1 aromatic rings. The Labute approximate surface area is 88.4 Å². The lowest BCUT2D eigenvalue weighted by Gasteiger charge is -2.07. The zero-order valence-corrected chi connectivity index (χ0v) is 8.27. The Morgan fingerprint density at radius 1 is 0.867 bits per heavy atom. The highest BCUT2D eigenvalue weighted by Crippen LogP contribution is 2.16. The number of rotatable bonds is 0. The fourth-order valence-electron chi connectivity index (χ4n) is 1.87. The topological polar surface area (TPSA) is 12.0 Å². The summed E-state index contributed by atoms with van der Waals surface area (Å²) >= 11 is 0. The van der Waals surface area contributed by atoms with Gasteiger partial charge in [-0.25, -0.2) is 0 Å². The summed E-state index contributed by atoms with van der Waals surface area (Å²) in [4.78, 5) is 0. The standard InChI is InChI=1S/C14H11N/c1-2-4-13-9-14-10-15-8-7-12(14)6-5-11(13)3-1/h1-10,15H. The molecule has 1 aliphatic carbocycles. The Kier molecular flexibility index (Phi) is 1.82. The summed E-state index contributed by atoms with van der Waals surface area (Å²) in [7, 11) is 0. The summed E-state index contributed by atoms with van der Waals surface area (Å²) in [5, 5.41) is 5.66. The third-order valence-electron chi connectivity index (χ3n) is 2.68. The Morgan fingerprint density at radius 2 is 1.73 bits per heavy atom. The number of allylic oxidation sites excluding steroid dienone is 4. The summed E-state index contributed by atoms with van der Waals surface area (Å²) in [5.41, 5.74) is 2.49. The molecule has 1 N–H and O–H groups in total. The van der Waals surface area contributed by atoms with Gasteiger partial charge in [-0.05, 0) is 33.7 Å². The van der Waals surface area contributed by atoms with Crippen LogP contribution in [0.4, 0.5) is 0 Å². The van der Waals surface area contributed by atoms with Gasteiger partial charge in [0.05, 0.1) is 0 Å². The van der Waals surface area contributed by atoms with E-state index in [4.69, 9.17) is 0 Å². The highest BCUT2D eigenvalue weighted by Gasteiger charge is 2.03. The lowest BCUT2D eigenvalue weighted by Crippen LogP contribution is -2.22. The van der Waals surface area contributed by atoms with E-state index in [1.54, 1.807) is 0 Å². The number of hydrogen-bond acceptors (Lipinski definition) is 1. The van der Waals surface area contributed by atoms with Crippen LogP contribution in [0.1, 0.15) is 0 Å². The van der Waals surface area contributed by atoms with Crippen molar-refractivity contribution in [3.8, 4) is 0 Å². The maximum atomic E-state index is 3.11. The van der Waals surface area contributed by atoms with Gasteiger partial charge in [-0.2, -0.15) is 0 Å². The van der Waals surface area contributed by atoms with Crippen molar-refractivity contribution in [3.05, 3.63) is 70.4 Å². The van der Waals surface area contributed by atoms with Gasteiger partial charge in [0, 0.05) is 12.4 Å². The number of benzene rings is 1. The third-order valence-corrected chi connectivity index (χ3v) is 2.68. The van der Waals surface area contributed by atoms with E-state index in [1.807, 2.05) is 12.4 Å². The van der Waals surface area contributed by atoms with Crippen molar-refractivity contribution in [2.75, 3.05) is 0 Å². The fourth-order valence-corrected chi connectivity index (χ4v) is 1.87. The van der Waals surface area contributed by atoms with Gasteiger partial charge in [-0.1, -0.05) is 36.4 Å². The normalized spacial score (nSPS) is 16.8. The van der Waals surface area contributed by atoms with Crippen LogP contribution in [0, 0.1) is 0 Å².